The SMILES string of the molecule is COc1cc(C#Cc2ccc(=O)oc2C#Cc2ccccc2)cc(OC)c1OC. The van der Waals surface area contributed by atoms with Crippen molar-refractivity contribution in [3.63, 3.8) is 0 Å². The Bertz CT molecular complexity index is 1160. The van der Waals surface area contributed by atoms with E-state index in [-0.39, 0.29) is 5.76 Å². The molecular weight excluding hydrogens is 368 g/mol. The van der Waals surface area contributed by atoms with Gasteiger partial charge in [-0.2, -0.15) is 0 Å². The highest BCUT2D eigenvalue weighted by atomic mass is 16.5. The van der Waals surface area contributed by atoms with E-state index in [1.54, 1.807) is 18.2 Å². The average molecular weight is 386 g/mol. The summed E-state index contributed by atoms with van der Waals surface area (Å²) in [5.41, 5.74) is 1.47. The quantitative estimate of drug-likeness (QED) is 0.645. The summed E-state index contributed by atoms with van der Waals surface area (Å²) < 4.78 is 21.2. The molecule has 0 atom stereocenters. The Morgan fingerprint density at radius 3 is 2.00 bits per heavy atom. The van der Waals surface area contributed by atoms with E-state index in [0.29, 0.717) is 28.4 Å². The molecule has 1 aromatic heterocycles. The third-order valence-electron chi connectivity index (χ3n) is 3.93. The van der Waals surface area contributed by atoms with Crippen molar-refractivity contribution in [2.24, 2.45) is 0 Å². The second kappa shape index (κ2) is 9.21. The first kappa shape index (κ1) is 19.7. The van der Waals surface area contributed by atoms with E-state index in [0.717, 1.165) is 5.56 Å². The molecule has 29 heavy (non-hydrogen) atoms. The van der Waals surface area contributed by atoms with Gasteiger partial charge in [-0.1, -0.05) is 36.0 Å². The highest BCUT2D eigenvalue weighted by Gasteiger charge is 2.12. The Morgan fingerprint density at radius 1 is 0.724 bits per heavy atom. The van der Waals surface area contributed by atoms with E-state index >= 15 is 0 Å². The lowest BCUT2D eigenvalue weighted by molar-refractivity contribution is 0.324. The van der Waals surface area contributed by atoms with Gasteiger partial charge in [0, 0.05) is 17.2 Å². The summed E-state index contributed by atoms with van der Waals surface area (Å²) in [5, 5.41) is 0. The van der Waals surface area contributed by atoms with Gasteiger partial charge in [0.2, 0.25) is 5.75 Å². The highest BCUT2D eigenvalue weighted by molar-refractivity contribution is 5.59. The largest absolute Gasteiger partial charge is 0.493 e. The second-order valence-electron chi connectivity index (χ2n) is 5.78. The maximum absolute atomic E-state index is 11.6. The van der Waals surface area contributed by atoms with Crippen molar-refractivity contribution in [2.75, 3.05) is 21.3 Å². The number of benzene rings is 2. The molecule has 5 nitrogen and oxygen atoms in total. The van der Waals surface area contributed by atoms with Gasteiger partial charge < -0.3 is 18.6 Å². The molecule has 144 valence electrons. The fourth-order valence-corrected chi connectivity index (χ4v) is 2.55. The first-order valence-corrected chi connectivity index (χ1v) is 8.68. The summed E-state index contributed by atoms with van der Waals surface area (Å²) in [6.45, 7) is 0. The number of hydrogen-bond donors (Lipinski definition) is 0. The Kier molecular flexibility index (Phi) is 6.25. The van der Waals surface area contributed by atoms with Crippen LogP contribution in [0.1, 0.15) is 22.5 Å². The van der Waals surface area contributed by atoms with Crippen LogP contribution in [0.2, 0.25) is 0 Å². The normalized spacial score (nSPS) is 9.48. The lowest BCUT2D eigenvalue weighted by atomic mass is 10.1. The summed E-state index contributed by atoms with van der Waals surface area (Å²) in [6, 6.07) is 15.8. The topological polar surface area (TPSA) is 57.9 Å². The molecule has 0 saturated heterocycles. The van der Waals surface area contributed by atoms with E-state index in [1.165, 1.54) is 27.4 Å². The Hall–Kier alpha value is -4.09. The molecule has 2 aromatic carbocycles. The van der Waals surface area contributed by atoms with Gasteiger partial charge in [-0.05, 0) is 36.3 Å². The second-order valence-corrected chi connectivity index (χ2v) is 5.78. The lowest BCUT2D eigenvalue weighted by Gasteiger charge is -2.12. The lowest BCUT2D eigenvalue weighted by Crippen LogP contribution is -1.99. The van der Waals surface area contributed by atoms with E-state index in [2.05, 4.69) is 23.7 Å². The molecule has 1 heterocycles. The Balaban J connectivity index is 2.02. The van der Waals surface area contributed by atoms with Crippen LogP contribution in [0.3, 0.4) is 0 Å². The van der Waals surface area contributed by atoms with E-state index in [4.69, 9.17) is 18.6 Å². The molecule has 0 fully saturated rings. The molecule has 3 aromatic rings. The van der Waals surface area contributed by atoms with Crippen LogP contribution in [0.5, 0.6) is 17.2 Å². The van der Waals surface area contributed by atoms with Gasteiger partial charge in [0.25, 0.3) is 0 Å². The zero-order chi connectivity index (χ0) is 20.6. The smallest absolute Gasteiger partial charge is 0.336 e. The first-order valence-electron chi connectivity index (χ1n) is 8.68. The molecule has 5 heteroatoms. The van der Waals surface area contributed by atoms with Crippen LogP contribution in [-0.4, -0.2) is 21.3 Å². The van der Waals surface area contributed by atoms with Gasteiger partial charge in [0.05, 0.1) is 26.9 Å². The molecule has 0 saturated carbocycles. The summed E-state index contributed by atoms with van der Waals surface area (Å²) in [6.07, 6.45) is 0. The molecule has 0 aliphatic rings. The maximum Gasteiger partial charge on any atom is 0.336 e. The third kappa shape index (κ3) is 4.80. The molecule has 0 aliphatic heterocycles. The Labute approximate surface area is 168 Å². The Morgan fingerprint density at radius 2 is 1.38 bits per heavy atom. The minimum absolute atomic E-state index is 0.210. The van der Waals surface area contributed by atoms with Gasteiger partial charge in [-0.3, -0.25) is 0 Å². The van der Waals surface area contributed by atoms with Crippen LogP contribution in [0.25, 0.3) is 0 Å². The standard InChI is InChI=1S/C24H18O5/c1-26-21-15-18(16-22(27-2)24(21)28-3)9-11-19-12-14-23(25)29-20(19)13-10-17-7-5-4-6-8-17/h4-8,12,14-16H,1-3H3. The van der Waals surface area contributed by atoms with Crippen LogP contribution in [0.15, 0.2) is 63.8 Å². The van der Waals surface area contributed by atoms with Crippen molar-refractivity contribution < 1.29 is 18.6 Å². The van der Waals surface area contributed by atoms with Crippen LogP contribution in [-0.2, 0) is 0 Å². The molecule has 0 aliphatic carbocycles. The minimum Gasteiger partial charge on any atom is -0.493 e. The fourth-order valence-electron chi connectivity index (χ4n) is 2.55. The third-order valence-corrected chi connectivity index (χ3v) is 3.93. The number of rotatable bonds is 3. The summed E-state index contributed by atoms with van der Waals surface area (Å²) in [5.74, 6) is 13.6. The van der Waals surface area contributed by atoms with E-state index in [9.17, 15) is 4.79 Å². The van der Waals surface area contributed by atoms with Crippen molar-refractivity contribution in [3.8, 4) is 40.9 Å². The highest BCUT2D eigenvalue weighted by Crippen LogP contribution is 2.37. The van der Waals surface area contributed by atoms with Crippen molar-refractivity contribution >= 4 is 0 Å². The molecule has 0 amide bonds. The molecule has 0 unspecified atom stereocenters. The van der Waals surface area contributed by atoms with Gasteiger partial charge in [0.1, 0.15) is 0 Å². The van der Waals surface area contributed by atoms with Crippen LogP contribution < -0.4 is 19.8 Å². The molecule has 0 radical (unpaired) electrons. The van der Waals surface area contributed by atoms with Crippen LogP contribution in [0.4, 0.5) is 0 Å². The van der Waals surface area contributed by atoms with Crippen LogP contribution >= 0.6 is 0 Å². The predicted octanol–water partition coefficient (Wildman–Crippen LogP) is 3.47. The number of ether oxygens (including phenoxy) is 3. The molecule has 0 N–H and O–H groups in total. The zero-order valence-corrected chi connectivity index (χ0v) is 16.2. The summed E-state index contributed by atoms with van der Waals surface area (Å²) >= 11 is 0. The summed E-state index contributed by atoms with van der Waals surface area (Å²) in [4.78, 5) is 11.6. The predicted molar refractivity (Wildman–Crippen MR) is 109 cm³/mol. The van der Waals surface area contributed by atoms with Crippen molar-refractivity contribution in [2.45, 2.75) is 0 Å². The zero-order valence-electron chi connectivity index (χ0n) is 16.2. The summed E-state index contributed by atoms with van der Waals surface area (Å²) in [7, 11) is 4.62. The van der Waals surface area contributed by atoms with Crippen LogP contribution in [0, 0.1) is 23.7 Å². The van der Waals surface area contributed by atoms with Crippen molar-refractivity contribution in [1.29, 1.82) is 0 Å². The number of methoxy groups -OCH3 is 3. The van der Waals surface area contributed by atoms with E-state index in [1.807, 2.05) is 30.3 Å². The fraction of sp³-hybridized carbons (Fsp3) is 0.125. The molecule has 0 bridgehead atoms. The monoisotopic (exact) mass is 386 g/mol. The number of hydrogen-bond acceptors (Lipinski definition) is 5. The molecule has 0 spiro atoms. The van der Waals surface area contributed by atoms with Gasteiger partial charge in [-0.25, -0.2) is 4.79 Å². The molecule has 3 rings (SSSR count). The van der Waals surface area contributed by atoms with Crippen molar-refractivity contribution in [3.05, 3.63) is 87.5 Å². The first-order chi connectivity index (χ1) is 14.1. The molecular formula is C24H18O5. The van der Waals surface area contributed by atoms with Gasteiger partial charge >= 0.3 is 5.63 Å². The average Bonchev–Trinajstić information content (AvgIpc) is 2.76. The maximum atomic E-state index is 11.6. The van der Waals surface area contributed by atoms with Gasteiger partial charge in [0.15, 0.2) is 17.3 Å². The minimum atomic E-state index is -0.485. The van der Waals surface area contributed by atoms with Crippen molar-refractivity contribution in [1.82, 2.24) is 0 Å². The van der Waals surface area contributed by atoms with Gasteiger partial charge in [-0.15, -0.1) is 0 Å². The van der Waals surface area contributed by atoms with E-state index < -0.39 is 5.63 Å².